The van der Waals surface area contributed by atoms with Crippen LogP contribution in [0.2, 0.25) is 0 Å². The number of halogens is 1. The van der Waals surface area contributed by atoms with E-state index in [0.29, 0.717) is 19.4 Å². The predicted molar refractivity (Wildman–Crippen MR) is 109 cm³/mol. The maximum atomic E-state index is 14.6. The third kappa shape index (κ3) is 3.87. The minimum absolute atomic E-state index is 0.123. The zero-order valence-corrected chi connectivity index (χ0v) is 16.5. The van der Waals surface area contributed by atoms with Gasteiger partial charge < -0.3 is 14.7 Å². The Labute approximate surface area is 166 Å². The molecule has 2 fully saturated rings. The van der Waals surface area contributed by atoms with Gasteiger partial charge in [-0.3, -0.25) is 4.90 Å². The summed E-state index contributed by atoms with van der Waals surface area (Å²) >= 11 is 0. The number of benzene rings is 2. The Hall–Kier alpha value is -2.11. The first-order valence-corrected chi connectivity index (χ1v) is 10.2. The van der Waals surface area contributed by atoms with Gasteiger partial charge in [0.1, 0.15) is 11.6 Å². The van der Waals surface area contributed by atoms with Gasteiger partial charge in [-0.25, -0.2) is 4.39 Å². The lowest BCUT2D eigenvalue weighted by Gasteiger charge is -2.39. The minimum Gasteiger partial charge on any atom is -0.496 e. The van der Waals surface area contributed by atoms with Crippen LogP contribution < -0.4 is 9.64 Å². The first-order valence-electron chi connectivity index (χ1n) is 10.2. The molecule has 0 unspecified atom stereocenters. The van der Waals surface area contributed by atoms with Crippen molar-refractivity contribution in [3.8, 4) is 5.75 Å². The van der Waals surface area contributed by atoms with E-state index in [2.05, 4.69) is 9.80 Å². The predicted octanol–water partition coefficient (Wildman–Crippen LogP) is 3.92. The van der Waals surface area contributed by atoms with Crippen molar-refractivity contribution in [3.05, 3.63) is 59.4 Å². The van der Waals surface area contributed by atoms with Crippen LogP contribution in [-0.4, -0.2) is 43.3 Å². The lowest BCUT2D eigenvalue weighted by molar-refractivity contribution is -0.0292. The molecular formula is C23H29FN2O2. The number of anilines is 1. The van der Waals surface area contributed by atoms with E-state index < -0.39 is 5.60 Å². The Morgan fingerprint density at radius 2 is 1.75 bits per heavy atom. The Bertz CT molecular complexity index is 812. The molecule has 150 valence electrons. The maximum absolute atomic E-state index is 14.6. The van der Waals surface area contributed by atoms with Crippen molar-refractivity contribution in [2.24, 2.45) is 0 Å². The van der Waals surface area contributed by atoms with Gasteiger partial charge in [0.25, 0.3) is 0 Å². The molecule has 0 aliphatic carbocycles. The molecule has 2 aliphatic heterocycles. The third-order valence-electron chi connectivity index (χ3n) is 6.16. The summed E-state index contributed by atoms with van der Waals surface area (Å²) in [6.07, 6.45) is 3.57. The van der Waals surface area contributed by atoms with Gasteiger partial charge >= 0.3 is 0 Å². The van der Waals surface area contributed by atoms with Crippen molar-refractivity contribution >= 4 is 5.69 Å². The van der Waals surface area contributed by atoms with Crippen LogP contribution in [0.1, 0.15) is 36.8 Å². The molecule has 0 bridgehead atoms. The van der Waals surface area contributed by atoms with E-state index >= 15 is 0 Å². The second kappa shape index (κ2) is 8.10. The summed E-state index contributed by atoms with van der Waals surface area (Å²) in [5.41, 5.74) is 1.71. The van der Waals surface area contributed by atoms with Crippen LogP contribution in [0.25, 0.3) is 0 Å². The highest BCUT2D eigenvalue weighted by molar-refractivity contribution is 5.50. The van der Waals surface area contributed by atoms with E-state index in [0.717, 1.165) is 61.6 Å². The van der Waals surface area contributed by atoms with Gasteiger partial charge in [0.15, 0.2) is 0 Å². The molecule has 0 saturated carbocycles. The number of aliphatic hydroxyl groups is 1. The Morgan fingerprint density at radius 1 is 1.04 bits per heavy atom. The zero-order chi connectivity index (χ0) is 19.6. The summed E-state index contributed by atoms with van der Waals surface area (Å²) < 4.78 is 20.0. The Kier molecular flexibility index (Phi) is 5.56. The molecule has 4 nitrogen and oxygen atoms in total. The topological polar surface area (TPSA) is 35.9 Å². The highest BCUT2D eigenvalue weighted by Crippen LogP contribution is 2.38. The molecular weight excluding hydrogens is 355 g/mol. The van der Waals surface area contributed by atoms with Crippen molar-refractivity contribution in [3.63, 3.8) is 0 Å². The van der Waals surface area contributed by atoms with E-state index in [1.54, 1.807) is 13.2 Å². The molecule has 1 N–H and O–H groups in total. The molecule has 4 rings (SSSR count). The van der Waals surface area contributed by atoms with Crippen molar-refractivity contribution in [2.75, 3.05) is 38.2 Å². The molecule has 0 spiro atoms. The van der Waals surface area contributed by atoms with Crippen LogP contribution in [0.5, 0.6) is 5.75 Å². The number of ether oxygens (including phenoxy) is 1. The van der Waals surface area contributed by atoms with Gasteiger partial charge in [-0.2, -0.15) is 0 Å². The summed E-state index contributed by atoms with van der Waals surface area (Å²) in [6, 6.07) is 13.3. The van der Waals surface area contributed by atoms with Crippen molar-refractivity contribution < 1.29 is 14.2 Å². The molecule has 2 aliphatic rings. The molecule has 28 heavy (non-hydrogen) atoms. The minimum atomic E-state index is -0.867. The standard InChI is InChI=1S/C23H29FN2O2/c1-28-22-7-3-2-6-19(22)23(27)10-14-25(15-11-23)17-18-8-9-21(20(24)16-18)26-12-4-5-13-26/h2-3,6-9,16,27H,4-5,10-15,17H2,1H3. The number of para-hydroxylation sites is 1. The van der Waals surface area contributed by atoms with Gasteiger partial charge in [-0.15, -0.1) is 0 Å². The number of likely N-dealkylation sites (tertiary alicyclic amines) is 1. The van der Waals surface area contributed by atoms with Gasteiger partial charge in [0.2, 0.25) is 0 Å². The van der Waals surface area contributed by atoms with E-state index in [4.69, 9.17) is 4.74 Å². The molecule has 2 aromatic rings. The fourth-order valence-electron chi connectivity index (χ4n) is 4.50. The molecule has 2 heterocycles. The van der Waals surface area contributed by atoms with Crippen molar-refractivity contribution in [1.82, 2.24) is 4.90 Å². The van der Waals surface area contributed by atoms with Gasteiger partial charge in [-0.05, 0) is 49.4 Å². The van der Waals surface area contributed by atoms with E-state index in [1.807, 2.05) is 36.4 Å². The van der Waals surface area contributed by atoms with Crippen LogP contribution in [0, 0.1) is 5.82 Å². The normalized spacial score (nSPS) is 19.8. The molecule has 2 aromatic carbocycles. The van der Waals surface area contributed by atoms with Crippen molar-refractivity contribution in [2.45, 2.75) is 37.8 Å². The van der Waals surface area contributed by atoms with E-state index in [1.165, 1.54) is 0 Å². The lowest BCUT2D eigenvalue weighted by atomic mass is 9.84. The monoisotopic (exact) mass is 384 g/mol. The molecule has 0 amide bonds. The van der Waals surface area contributed by atoms with Crippen LogP contribution in [0.15, 0.2) is 42.5 Å². The smallest absolute Gasteiger partial charge is 0.146 e. The fourth-order valence-corrected chi connectivity index (χ4v) is 4.50. The number of nitrogens with zero attached hydrogens (tertiary/aromatic N) is 2. The number of hydrogen-bond donors (Lipinski definition) is 1. The largest absolute Gasteiger partial charge is 0.496 e. The van der Waals surface area contributed by atoms with Crippen LogP contribution >= 0.6 is 0 Å². The van der Waals surface area contributed by atoms with Crippen molar-refractivity contribution in [1.29, 1.82) is 0 Å². The molecule has 2 saturated heterocycles. The summed E-state index contributed by atoms with van der Waals surface area (Å²) in [5, 5.41) is 11.2. The Morgan fingerprint density at radius 3 is 2.43 bits per heavy atom. The number of methoxy groups -OCH3 is 1. The summed E-state index contributed by atoms with van der Waals surface area (Å²) in [6.45, 7) is 4.14. The quantitative estimate of drug-likeness (QED) is 0.848. The molecule has 0 radical (unpaired) electrons. The number of piperidine rings is 1. The Balaban J connectivity index is 1.40. The summed E-state index contributed by atoms with van der Waals surface area (Å²) in [7, 11) is 1.64. The van der Waals surface area contributed by atoms with Crippen LogP contribution in [0.3, 0.4) is 0 Å². The highest BCUT2D eigenvalue weighted by atomic mass is 19.1. The molecule has 0 aromatic heterocycles. The van der Waals surface area contributed by atoms with Gasteiger partial charge in [-0.1, -0.05) is 24.3 Å². The van der Waals surface area contributed by atoms with Gasteiger partial charge in [0.05, 0.1) is 18.4 Å². The summed E-state index contributed by atoms with van der Waals surface area (Å²) in [5.74, 6) is 0.611. The first kappa shape index (κ1) is 19.2. The van der Waals surface area contributed by atoms with E-state index in [-0.39, 0.29) is 5.82 Å². The van der Waals surface area contributed by atoms with Crippen LogP contribution in [0.4, 0.5) is 10.1 Å². The average Bonchev–Trinajstić information content (AvgIpc) is 3.24. The fraction of sp³-hybridized carbons (Fsp3) is 0.478. The SMILES string of the molecule is COc1ccccc1C1(O)CCN(Cc2ccc(N3CCCC3)c(F)c2)CC1. The summed E-state index contributed by atoms with van der Waals surface area (Å²) in [4.78, 5) is 4.42. The van der Waals surface area contributed by atoms with Crippen LogP contribution in [-0.2, 0) is 12.1 Å². The highest BCUT2D eigenvalue weighted by Gasteiger charge is 2.36. The second-order valence-electron chi connectivity index (χ2n) is 7.99. The maximum Gasteiger partial charge on any atom is 0.146 e. The second-order valence-corrected chi connectivity index (χ2v) is 7.99. The zero-order valence-electron chi connectivity index (χ0n) is 16.5. The number of rotatable bonds is 5. The van der Waals surface area contributed by atoms with Gasteiger partial charge in [0, 0.05) is 38.3 Å². The molecule has 0 atom stereocenters. The van der Waals surface area contributed by atoms with E-state index in [9.17, 15) is 9.50 Å². The average molecular weight is 384 g/mol. The third-order valence-corrected chi connectivity index (χ3v) is 6.16. The first-order chi connectivity index (χ1) is 13.6. The molecule has 5 heteroatoms. The number of hydrogen-bond acceptors (Lipinski definition) is 4. The lowest BCUT2D eigenvalue weighted by Crippen LogP contribution is -2.42.